The normalized spacial score (nSPS) is 11.7. The van der Waals surface area contributed by atoms with Gasteiger partial charge in [0, 0.05) is 43.4 Å². The molecule has 0 saturated heterocycles. The Morgan fingerprint density at radius 2 is 1.12 bits per heavy atom. The summed E-state index contributed by atoms with van der Waals surface area (Å²) >= 11 is 0. The van der Waals surface area contributed by atoms with Crippen LogP contribution in [0.4, 0.5) is 11.4 Å². The monoisotopic (exact) mass is 532 g/mol. The van der Waals surface area contributed by atoms with Gasteiger partial charge in [0.1, 0.15) is 12.1 Å². The van der Waals surface area contributed by atoms with Gasteiger partial charge in [0.15, 0.2) is 11.4 Å². The Bertz CT molecular complexity index is 2690. The lowest BCUT2D eigenvalue weighted by Gasteiger charge is -2.07. The van der Waals surface area contributed by atoms with Gasteiger partial charge in [-0.2, -0.15) is 10.5 Å². The van der Waals surface area contributed by atoms with E-state index in [0.29, 0.717) is 22.4 Å². The molecule has 0 spiro atoms. The number of rotatable bonds is 0. The molecule has 0 aliphatic heterocycles. The van der Waals surface area contributed by atoms with Gasteiger partial charge < -0.3 is 9.97 Å². The second-order valence-electron chi connectivity index (χ2n) is 10.3. The molecule has 2 aromatic heterocycles. The molecule has 0 saturated carbocycles. The summed E-state index contributed by atoms with van der Waals surface area (Å²) in [5, 5.41) is 27.4. The average molecular weight is 533 g/mol. The average Bonchev–Trinajstić information content (AvgIpc) is 3.53. The van der Waals surface area contributed by atoms with Gasteiger partial charge in [0.25, 0.3) is 0 Å². The van der Waals surface area contributed by atoms with Gasteiger partial charge in [-0.3, -0.25) is 9.69 Å². The first-order valence-electron chi connectivity index (χ1n) is 13.0. The van der Waals surface area contributed by atoms with E-state index in [2.05, 4.69) is 56.1 Å². The number of hydrogen-bond donors (Lipinski definition) is 2. The molecule has 42 heavy (non-hydrogen) atoms. The minimum Gasteiger partial charge on any atom is -0.353 e. The van der Waals surface area contributed by atoms with E-state index in [1.165, 1.54) is 0 Å². The molecule has 0 unspecified atom stereocenters. The first kappa shape index (κ1) is 22.1. The third-order valence-electron chi connectivity index (χ3n) is 8.35. The lowest BCUT2D eigenvalue weighted by molar-refractivity contribution is 1.39. The van der Waals surface area contributed by atoms with Gasteiger partial charge >= 0.3 is 0 Å². The minimum atomic E-state index is 0.275. The molecule has 9 aromatic rings. The summed E-state index contributed by atoms with van der Waals surface area (Å²) in [6.07, 6.45) is 0. The lowest BCUT2D eigenvalue weighted by Crippen LogP contribution is -1.90. The predicted molar refractivity (Wildman–Crippen MR) is 164 cm³/mol. The molecule has 7 aromatic carbocycles. The van der Waals surface area contributed by atoms with Crippen LogP contribution in [-0.2, 0) is 0 Å². The van der Waals surface area contributed by atoms with Gasteiger partial charge in [-0.15, -0.1) is 0 Å². The van der Waals surface area contributed by atoms with Crippen molar-refractivity contribution in [1.29, 1.82) is 10.5 Å². The smallest absolute Gasteiger partial charge is 0.196 e. The van der Waals surface area contributed by atoms with Crippen LogP contribution in [0, 0.1) is 35.8 Å². The number of aromatic amines is 2. The summed E-state index contributed by atoms with van der Waals surface area (Å²) in [4.78, 5) is 24.3. The van der Waals surface area contributed by atoms with Crippen LogP contribution >= 0.6 is 0 Å². The zero-order valence-corrected chi connectivity index (χ0v) is 21.5. The summed E-state index contributed by atoms with van der Waals surface area (Å²) in [7, 11) is 0. The van der Waals surface area contributed by atoms with E-state index in [1.54, 1.807) is 24.3 Å². The zero-order chi connectivity index (χ0) is 28.3. The van der Waals surface area contributed by atoms with Gasteiger partial charge in [0.2, 0.25) is 0 Å². The number of H-pyrrole nitrogens is 2. The van der Waals surface area contributed by atoms with Crippen molar-refractivity contribution in [3.05, 3.63) is 94.6 Å². The summed E-state index contributed by atoms with van der Waals surface area (Å²) in [6.45, 7) is 15.1. The summed E-state index contributed by atoms with van der Waals surface area (Å²) in [5.41, 5.74) is 7.15. The van der Waals surface area contributed by atoms with Gasteiger partial charge in [-0.05, 0) is 35.0 Å². The zero-order valence-electron chi connectivity index (χ0n) is 21.5. The molecule has 2 heterocycles. The first-order chi connectivity index (χ1) is 20.6. The van der Waals surface area contributed by atoms with Crippen LogP contribution in [0.1, 0.15) is 11.1 Å². The van der Waals surface area contributed by atoms with Crippen LogP contribution in [0.2, 0.25) is 0 Å². The first-order valence-corrected chi connectivity index (χ1v) is 13.0. The Balaban J connectivity index is 1.53. The minimum absolute atomic E-state index is 0.275. The molecule has 2 N–H and O–H groups in total. The SMILES string of the molecule is [C-]#[N+]c1cc2[nH]c3c4cccc5c4c(c4cccc6c7nc8cc(C#N)c(C#N)cc8nc7c5c64)c3[nH]c2cc1[N+]#[C-]. The number of nitrogens with one attached hydrogen (secondary N) is 2. The highest BCUT2D eigenvalue weighted by atomic mass is 14.8. The van der Waals surface area contributed by atoms with E-state index >= 15 is 0 Å². The van der Waals surface area contributed by atoms with E-state index in [-0.39, 0.29) is 11.1 Å². The van der Waals surface area contributed by atoms with Crippen molar-refractivity contribution in [1.82, 2.24) is 19.9 Å². The second-order valence-corrected chi connectivity index (χ2v) is 10.3. The number of hydrogen-bond acceptors (Lipinski definition) is 4. The van der Waals surface area contributed by atoms with E-state index in [0.717, 1.165) is 76.2 Å². The van der Waals surface area contributed by atoms with Crippen molar-refractivity contribution in [2.24, 2.45) is 0 Å². The van der Waals surface area contributed by atoms with E-state index in [4.69, 9.17) is 23.1 Å². The molecule has 8 nitrogen and oxygen atoms in total. The second kappa shape index (κ2) is 7.46. The molecule has 0 amide bonds. The molecule has 0 bridgehead atoms. The van der Waals surface area contributed by atoms with Crippen molar-refractivity contribution >= 4 is 98.6 Å². The summed E-state index contributed by atoms with van der Waals surface area (Å²) in [5.74, 6) is 0. The van der Waals surface area contributed by atoms with E-state index in [9.17, 15) is 10.5 Å². The fourth-order valence-electron chi connectivity index (χ4n) is 6.64. The molecule has 188 valence electrons. The summed E-state index contributed by atoms with van der Waals surface area (Å²) < 4.78 is 0. The van der Waals surface area contributed by atoms with Crippen molar-refractivity contribution in [3.63, 3.8) is 0 Å². The van der Waals surface area contributed by atoms with Crippen LogP contribution in [0.25, 0.3) is 96.9 Å². The Morgan fingerprint density at radius 3 is 1.74 bits per heavy atom. The third-order valence-corrected chi connectivity index (χ3v) is 8.35. The van der Waals surface area contributed by atoms with Crippen molar-refractivity contribution in [3.8, 4) is 12.1 Å². The van der Waals surface area contributed by atoms with Crippen molar-refractivity contribution in [2.75, 3.05) is 0 Å². The number of aromatic nitrogens is 4. The van der Waals surface area contributed by atoms with Crippen LogP contribution in [0.5, 0.6) is 0 Å². The Kier molecular flexibility index (Phi) is 3.93. The van der Waals surface area contributed by atoms with Gasteiger partial charge in [-0.1, -0.05) is 36.4 Å². The predicted octanol–water partition coefficient (Wildman–Crippen LogP) is 8.64. The molecular formula is C34H12N8. The van der Waals surface area contributed by atoms with Crippen LogP contribution in [0.3, 0.4) is 0 Å². The molecule has 0 atom stereocenters. The molecule has 0 aliphatic carbocycles. The Hall–Kier alpha value is -6.74. The number of nitriles is 2. The molecule has 0 radical (unpaired) electrons. The number of nitrogens with zero attached hydrogens (tertiary/aromatic N) is 6. The standard InChI is InChI=1S/C34H12N8/c1-37-21-11-25-26(12-22(21)38-2)42-34-30-18-6-3-7-19-27(18)29(17-5-4-8-20(28(17)30)32(34)40-25)33-31(19)39-23-9-15(13-35)16(14-36)10-24(23)41-33/h3-12,40,42H. The maximum atomic E-state index is 9.61. The molecule has 0 aliphatic rings. The Labute approximate surface area is 235 Å². The van der Waals surface area contributed by atoms with Crippen LogP contribution in [0.15, 0.2) is 60.7 Å². The van der Waals surface area contributed by atoms with E-state index in [1.807, 2.05) is 12.1 Å². The highest BCUT2D eigenvalue weighted by Crippen LogP contribution is 2.49. The highest BCUT2D eigenvalue weighted by Gasteiger charge is 2.24. The fourth-order valence-corrected chi connectivity index (χ4v) is 6.64. The fraction of sp³-hybridized carbons (Fsp3) is 0. The molecule has 8 heteroatoms. The largest absolute Gasteiger partial charge is 0.353 e. The highest BCUT2D eigenvalue weighted by molar-refractivity contribution is 6.46. The van der Waals surface area contributed by atoms with Crippen molar-refractivity contribution < 1.29 is 0 Å². The molecular weight excluding hydrogens is 520 g/mol. The third kappa shape index (κ3) is 2.52. The van der Waals surface area contributed by atoms with Crippen molar-refractivity contribution in [2.45, 2.75) is 0 Å². The van der Waals surface area contributed by atoms with Gasteiger partial charge in [0.05, 0.1) is 57.4 Å². The number of benzene rings is 5. The van der Waals surface area contributed by atoms with E-state index < -0.39 is 0 Å². The number of fused-ring (bicyclic) bond motifs is 10. The maximum absolute atomic E-state index is 9.61. The quantitative estimate of drug-likeness (QED) is 0.150. The topological polar surface area (TPSA) is 114 Å². The maximum Gasteiger partial charge on any atom is 0.196 e. The lowest BCUT2D eigenvalue weighted by atomic mass is 9.96. The Morgan fingerprint density at radius 1 is 0.595 bits per heavy atom. The van der Waals surface area contributed by atoms with Crippen LogP contribution < -0.4 is 0 Å². The molecule has 9 rings (SSSR count). The summed E-state index contributed by atoms with van der Waals surface area (Å²) in [6, 6.07) is 23.3. The molecule has 0 fully saturated rings. The van der Waals surface area contributed by atoms with Gasteiger partial charge in [-0.25, -0.2) is 9.97 Å². The van der Waals surface area contributed by atoms with Crippen LogP contribution in [-0.4, -0.2) is 19.9 Å².